The molecule has 20 heavy (non-hydrogen) atoms. The Morgan fingerprint density at radius 2 is 2.05 bits per heavy atom. The molecule has 1 aromatic carbocycles. The Morgan fingerprint density at radius 1 is 1.30 bits per heavy atom. The summed E-state index contributed by atoms with van der Waals surface area (Å²) in [5, 5.41) is 3.29. The third-order valence-corrected chi connectivity index (χ3v) is 3.41. The molecule has 4 heteroatoms. The lowest BCUT2D eigenvalue weighted by atomic mass is 10.0. The summed E-state index contributed by atoms with van der Waals surface area (Å²) in [5.74, 6) is -0.147. The maximum absolute atomic E-state index is 14.2. The van der Waals surface area contributed by atoms with Crippen LogP contribution in [0.4, 0.5) is 10.1 Å². The van der Waals surface area contributed by atoms with Crippen molar-refractivity contribution < 1.29 is 9.13 Å². The highest BCUT2D eigenvalue weighted by atomic mass is 19.1. The normalized spacial score (nSPS) is 12.4. The van der Waals surface area contributed by atoms with Crippen molar-refractivity contribution >= 4 is 5.69 Å². The molecule has 1 N–H and O–H groups in total. The summed E-state index contributed by atoms with van der Waals surface area (Å²) in [5.41, 5.74) is 1.70. The maximum Gasteiger partial charge on any atom is 0.130 e. The van der Waals surface area contributed by atoms with Gasteiger partial charge in [-0.05, 0) is 39.4 Å². The van der Waals surface area contributed by atoms with E-state index in [-0.39, 0.29) is 11.9 Å². The molecule has 1 unspecified atom stereocenters. The second kappa shape index (κ2) is 8.93. The van der Waals surface area contributed by atoms with E-state index in [2.05, 4.69) is 17.1 Å². The van der Waals surface area contributed by atoms with Crippen molar-refractivity contribution in [2.24, 2.45) is 0 Å². The maximum atomic E-state index is 14.2. The topological polar surface area (TPSA) is 24.5 Å². The molecule has 1 aromatic rings. The summed E-state index contributed by atoms with van der Waals surface area (Å²) in [7, 11) is 0. The fourth-order valence-corrected chi connectivity index (χ4v) is 2.41. The van der Waals surface area contributed by atoms with Crippen LogP contribution in [0.15, 0.2) is 18.2 Å². The van der Waals surface area contributed by atoms with Gasteiger partial charge in [0.2, 0.25) is 0 Å². The molecule has 0 heterocycles. The molecule has 0 fully saturated rings. The van der Waals surface area contributed by atoms with Gasteiger partial charge >= 0.3 is 0 Å². The van der Waals surface area contributed by atoms with E-state index < -0.39 is 0 Å². The molecular formula is C16H27FN2O. The van der Waals surface area contributed by atoms with E-state index >= 15 is 0 Å². The zero-order valence-corrected chi connectivity index (χ0v) is 13.1. The summed E-state index contributed by atoms with van der Waals surface area (Å²) >= 11 is 0. The molecule has 0 aromatic heterocycles. The molecule has 0 aliphatic rings. The number of likely N-dealkylation sites (N-methyl/N-ethyl adjacent to an activating group) is 1. The first-order valence-corrected chi connectivity index (χ1v) is 7.50. The van der Waals surface area contributed by atoms with Gasteiger partial charge in [0.15, 0.2) is 0 Å². The molecule has 0 bridgehead atoms. The first kappa shape index (κ1) is 16.9. The van der Waals surface area contributed by atoms with Crippen LogP contribution in [0.1, 0.15) is 39.3 Å². The van der Waals surface area contributed by atoms with Gasteiger partial charge in [-0.15, -0.1) is 0 Å². The van der Waals surface area contributed by atoms with Crippen molar-refractivity contribution in [2.75, 3.05) is 37.7 Å². The summed E-state index contributed by atoms with van der Waals surface area (Å²) in [4.78, 5) is 2.17. The Morgan fingerprint density at radius 3 is 2.65 bits per heavy atom. The van der Waals surface area contributed by atoms with Crippen LogP contribution in [0.3, 0.4) is 0 Å². The van der Waals surface area contributed by atoms with Crippen molar-refractivity contribution in [2.45, 2.75) is 33.7 Å². The molecule has 0 radical (unpaired) electrons. The van der Waals surface area contributed by atoms with Crippen LogP contribution in [-0.4, -0.2) is 32.8 Å². The lowest BCUT2D eigenvalue weighted by molar-refractivity contribution is 0.154. The summed E-state index contributed by atoms with van der Waals surface area (Å²) in [6.07, 6.45) is 0. The number of anilines is 1. The largest absolute Gasteiger partial charge is 0.380 e. The third kappa shape index (κ3) is 4.46. The van der Waals surface area contributed by atoms with Crippen LogP contribution in [0.2, 0.25) is 0 Å². The van der Waals surface area contributed by atoms with E-state index in [4.69, 9.17) is 4.74 Å². The van der Waals surface area contributed by atoms with Crippen molar-refractivity contribution in [3.05, 3.63) is 29.6 Å². The highest BCUT2D eigenvalue weighted by Gasteiger charge is 2.18. The SMILES string of the molecule is CCNC(C)c1c(F)cccc1N(CC)CCOCC. The van der Waals surface area contributed by atoms with Crippen molar-refractivity contribution in [1.29, 1.82) is 0 Å². The van der Waals surface area contributed by atoms with Crippen molar-refractivity contribution in [1.82, 2.24) is 5.32 Å². The van der Waals surface area contributed by atoms with E-state index in [1.165, 1.54) is 6.07 Å². The number of rotatable bonds is 9. The van der Waals surface area contributed by atoms with Crippen LogP contribution in [0.5, 0.6) is 0 Å². The first-order valence-electron chi connectivity index (χ1n) is 7.50. The molecular weight excluding hydrogens is 255 g/mol. The summed E-state index contributed by atoms with van der Waals surface area (Å²) in [6, 6.07) is 5.29. The standard InChI is InChI=1S/C16H27FN2O/c1-5-18-13(4)16-14(17)9-8-10-15(16)19(6-2)11-12-20-7-3/h8-10,13,18H,5-7,11-12H2,1-4H3. The molecule has 3 nitrogen and oxygen atoms in total. The Balaban J connectivity index is 2.98. The van der Waals surface area contributed by atoms with E-state index in [0.29, 0.717) is 13.2 Å². The van der Waals surface area contributed by atoms with E-state index in [1.54, 1.807) is 6.07 Å². The van der Waals surface area contributed by atoms with Crippen LogP contribution in [-0.2, 0) is 4.74 Å². The van der Waals surface area contributed by atoms with Gasteiger partial charge in [-0.2, -0.15) is 0 Å². The fraction of sp³-hybridized carbons (Fsp3) is 0.625. The predicted octanol–water partition coefficient (Wildman–Crippen LogP) is 3.36. The number of nitrogens with one attached hydrogen (secondary N) is 1. The zero-order chi connectivity index (χ0) is 15.0. The Labute approximate surface area is 122 Å². The molecule has 0 spiro atoms. The number of hydrogen-bond acceptors (Lipinski definition) is 3. The highest BCUT2D eigenvalue weighted by molar-refractivity contribution is 5.55. The number of ether oxygens (including phenoxy) is 1. The molecule has 0 aliphatic carbocycles. The third-order valence-electron chi connectivity index (χ3n) is 3.41. The predicted molar refractivity (Wildman–Crippen MR) is 82.9 cm³/mol. The van der Waals surface area contributed by atoms with Crippen LogP contribution >= 0.6 is 0 Å². The summed E-state index contributed by atoms with van der Waals surface area (Å²) < 4.78 is 19.6. The molecule has 1 rings (SSSR count). The Kier molecular flexibility index (Phi) is 7.55. The lowest BCUT2D eigenvalue weighted by Gasteiger charge is -2.28. The minimum Gasteiger partial charge on any atom is -0.380 e. The number of hydrogen-bond donors (Lipinski definition) is 1. The van der Waals surface area contributed by atoms with Gasteiger partial charge in [-0.25, -0.2) is 4.39 Å². The number of nitrogens with zero attached hydrogens (tertiary/aromatic N) is 1. The molecule has 114 valence electrons. The van der Waals surface area contributed by atoms with Crippen molar-refractivity contribution in [3.63, 3.8) is 0 Å². The second-order valence-electron chi connectivity index (χ2n) is 4.73. The minimum absolute atomic E-state index is 0.00246. The van der Waals surface area contributed by atoms with Gasteiger partial charge in [0.1, 0.15) is 5.82 Å². The van der Waals surface area contributed by atoms with Crippen molar-refractivity contribution in [3.8, 4) is 0 Å². The fourth-order valence-electron chi connectivity index (χ4n) is 2.41. The van der Waals surface area contributed by atoms with E-state index in [0.717, 1.165) is 30.9 Å². The number of halogens is 1. The smallest absolute Gasteiger partial charge is 0.130 e. The minimum atomic E-state index is -0.147. The Bertz CT molecular complexity index is 398. The Hall–Kier alpha value is -1.13. The molecule has 1 atom stereocenters. The van der Waals surface area contributed by atoms with Crippen LogP contribution in [0, 0.1) is 5.82 Å². The van der Waals surface area contributed by atoms with Gasteiger partial charge in [0, 0.05) is 37.0 Å². The van der Waals surface area contributed by atoms with Gasteiger partial charge in [-0.1, -0.05) is 13.0 Å². The van der Waals surface area contributed by atoms with E-state index in [9.17, 15) is 4.39 Å². The average Bonchev–Trinajstić information content (AvgIpc) is 2.43. The van der Waals surface area contributed by atoms with E-state index in [1.807, 2.05) is 26.8 Å². The lowest BCUT2D eigenvalue weighted by Crippen LogP contribution is -2.30. The van der Waals surface area contributed by atoms with Crippen LogP contribution < -0.4 is 10.2 Å². The quantitative estimate of drug-likeness (QED) is 0.703. The van der Waals surface area contributed by atoms with Gasteiger partial charge < -0.3 is 15.0 Å². The molecule has 0 amide bonds. The molecule has 0 aliphatic heterocycles. The monoisotopic (exact) mass is 282 g/mol. The highest BCUT2D eigenvalue weighted by Crippen LogP contribution is 2.28. The van der Waals surface area contributed by atoms with Gasteiger partial charge in [-0.3, -0.25) is 0 Å². The summed E-state index contributed by atoms with van der Waals surface area (Å²) in [6.45, 7) is 11.9. The first-order chi connectivity index (χ1) is 9.65. The average molecular weight is 282 g/mol. The molecule has 0 saturated carbocycles. The molecule has 0 saturated heterocycles. The zero-order valence-electron chi connectivity index (χ0n) is 13.1. The van der Waals surface area contributed by atoms with Crippen LogP contribution in [0.25, 0.3) is 0 Å². The van der Waals surface area contributed by atoms with Gasteiger partial charge in [0.25, 0.3) is 0 Å². The second-order valence-corrected chi connectivity index (χ2v) is 4.73. The van der Waals surface area contributed by atoms with Gasteiger partial charge in [0.05, 0.1) is 6.61 Å². The number of benzene rings is 1.